The lowest BCUT2D eigenvalue weighted by atomic mass is 9.95. The minimum Gasteiger partial charge on any atom is -0.346 e. The maximum absolute atomic E-state index is 12.5. The molecule has 3 rings (SSSR count). The number of non-ortho nitro benzene ring substituents is 1. The van der Waals surface area contributed by atoms with Crippen molar-refractivity contribution in [2.24, 2.45) is 5.92 Å². The first-order chi connectivity index (χ1) is 13.0. The van der Waals surface area contributed by atoms with Gasteiger partial charge in [0.1, 0.15) is 0 Å². The third-order valence-corrected chi connectivity index (χ3v) is 5.33. The van der Waals surface area contributed by atoms with Crippen molar-refractivity contribution in [3.05, 3.63) is 34.5 Å². The first-order valence-electron chi connectivity index (χ1n) is 9.57. The molecule has 1 fully saturated rings. The molecule has 146 valence electrons. The standard InChI is InChI=1S/C19H27N5O3/c1-3-4-9-21(2)19(25)15-7-10-22(11-8-15)14-23-18-12-17(24(26)27)6-5-16(18)13-20-23/h5-6,12-13,15H,3-4,7-11,14H2,1-2H3. The van der Waals surface area contributed by atoms with Gasteiger partial charge < -0.3 is 4.90 Å². The van der Waals surface area contributed by atoms with E-state index in [1.807, 2.05) is 11.9 Å². The van der Waals surface area contributed by atoms with E-state index in [0.29, 0.717) is 6.67 Å². The van der Waals surface area contributed by atoms with E-state index in [9.17, 15) is 14.9 Å². The van der Waals surface area contributed by atoms with Crippen LogP contribution in [0.3, 0.4) is 0 Å². The van der Waals surface area contributed by atoms with Crippen molar-refractivity contribution in [1.82, 2.24) is 19.6 Å². The fraction of sp³-hybridized carbons (Fsp3) is 0.579. The SMILES string of the molecule is CCCCN(C)C(=O)C1CCN(Cn2ncc3ccc([N+](=O)[O-])cc32)CC1. The number of hydrogen-bond acceptors (Lipinski definition) is 5. The molecular weight excluding hydrogens is 346 g/mol. The summed E-state index contributed by atoms with van der Waals surface area (Å²) in [4.78, 5) is 27.3. The van der Waals surface area contributed by atoms with Crippen LogP contribution in [0.2, 0.25) is 0 Å². The Hall–Kier alpha value is -2.48. The Morgan fingerprint density at radius 3 is 2.78 bits per heavy atom. The predicted molar refractivity (Wildman–Crippen MR) is 103 cm³/mol. The van der Waals surface area contributed by atoms with Crippen molar-refractivity contribution in [3.63, 3.8) is 0 Å². The topological polar surface area (TPSA) is 84.5 Å². The molecule has 1 aromatic heterocycles. The van der Waals surface area contributed by atoms with Crippen molar-refractivity contribution < 1.29 is 9.72 Å². The second-order valence-electron chi connectivity index (χ2n) is 7.29. The molecule has 1 aliphatic heterocycles. The summed E-state index contributed by atoms with van der Waals surface area (Å²) < 4.78 is 1.80. The van der Waals surface area contributed by atoms with Crippen LogP contribution in [0.1, 0.15) is 32.6 Å². The van der Waals surface area contributed by atoms with E-state index < -0.39 is 0 Å². The average molecular weight is 373 g/mol. The molecule has 1 amide bonds. The molecule has 2 aromatic rings. The Morgan fingerprint density at radius 1 is 1.37 bits per heavy atom. The van der Waals surface area contributed by atoms with Crippen LogP contribution in [0.25, 0.3) is 10.9 Å². The molecule has 0 aliphatic carbocycles. The summed E-state index contributed by atoms with van der Waals surface area (Å²) in [6.45, 7) is 5.19. The molecular formula is C19H27N5O3. The van der Waals surface area contributed by atoms with Gasteiger partial charge in [0, 0.05) is 50.1 Å². The average Bonchev–Trinajstić information content (AvgIpc) is 3.08. The van der Waals surface area contributed by atoms with Crippen LogP contribution in [-0.2, 0) is 11.5 Å². The number of benzene rings is 1. The molecule has 27 heavy (non-hydrogen) atoms. The number of likely N-dealkylation sites (tertiary alicyclic amines) is 1. The third-order valence-electron chi connectivity index (χ3n) is 5.33. The summed E-state index contributed by atoms with van der Waals surface area (Å²) in [6.07, 6.45) is 5.55. The molecule has 1 aromatic carbocycles. The molecule has 8 nitrogen and oxygen atoms in total. The Kier molecular flexibility index (Phi) is 6.05. The van der Waals surface area contributed by atoms with Gasteiger partial charge in [-0.05, 0) is 25.3 Å². The van der Waals surface area contributed by atoms with Crippen LogP contribution >= 0.6 is 0 Å². The van der Waals surface area contributed by atoms with E-state index in [2.05, 4.69) is 16.9 Å². The van der Waals surface area contributed by atoms with Gasteiger partial charge in [-0.2, -0.15) is 5.10 Å². The smallest absolute Gasteiger partial charge is 0.271 e. The minimum atomic E-state index is -0.386. The van der Waals surface area contributed by atoms with Crippen LogP contribution in [0, 0.1) is 16.0 Å². The maximum Gasteiger partial charge on any atom is 0.271 e. The van der Waals surface area contributed by atoms with E-state index in [4.69, 9.17) is 0 Å². The number of amides is 1. The Bertz CT molecular complexity index is 811. The third kappa shape index (κ3) is 4.44. The summed E-state index contributed by atoms with van der Waals surface area (Å²) in [6, 6.07) is 4.80. The van der Waals surface area contributed by atoms with Crippen LogP contribution in [-0.4, -0.2) is 57.1 Å². The van der Waals surface area contributed by atoms with Crippen molar-refractivity contribution in [2.75, 3.05) is 26.7 Å². The lowest BCUT2D eigenvalue weighted by Crippen LogP contribution is -2.42. The molecule has 0 radical (unpaired) electrons. The van der Waals surface area contributed by atoms with Gasteiger partial charge in [0.05, 0.1) is 23.3 Å². The number of nitro groups is 1. The normalized spacial score (nSPS) is 15.9. The van der Waals surface area contributed by atoms with E-state index in [0.717, 1.165) is 56.2 Å². The maximum atomic E-state index is 12.5. The summed E-state index contributed by atoms with van der Waals surface area (Å²) in [5.41, 5.74) is 0.838. The zero-order valence-electron chi connectivity index (χ0n) is 16.0. The molecule has 0 spiro atoms. The summed E-state index contributed by atoms with van der Waals surface area (Å²) in [5.74, 6) is 0.349. The largest absolute Gasteiger partial charge is 0.346 e. The van der Waals surface area contributed by atoms with Gasteiger partial charge in [0.2, 0.25) is 5.91 Å². The van der Waals surface area contributed by atoms with E-state index in [1.54, 1.807) is 23.0 Å². The molecule has 0 unspecified atom stereocenters. The number of piperidine rings is 1. The van der Waals surface area contributed by atoms with E-state index in [-0.39, 0.29) is 22.4 Å². The number of nitro benzene ring substituents is 1. The minimum absolute atomic E-state index is 0.0728. The summed E-state index contributed by atoms with van der Waals surface area (Å²) in [5, 5.41) is 16.3. The number of nitrogens with zero attached hydrogens (tertiary/aromatic N) is 5. The number of carbonyl (C=O) groups is 1. The summed E-state index contributed by atoms with van der Waals surface area (Å²) >= 11 is 0. The number of rotatable bonds is 7. The van der Waals surface area contributed by atoms with E-state index in [1.165, 1.54) is 6.07 Å². The van der Waals surface area contributed by atoms with Crippen molar-refractivity contribution in [2.45, 2.75) is 39.3 Å². The highest BCUT2D eigenvalue weighted by Gasteiger charge is 2.27. The first-order valence-corrected chi connectivity index (χ1v) is 9.57. The molecule has 2 heterocycles. The molecule has 0 atom stereocenters. The Balaban J connectivity index is 1.59. The number of aromatic nitrogens is 2. The Morgan fingerprint density at radius 2 is 2.11 bits per heavy atom. The highest BCUT2D eigenvalue weighted by molar-refractivity contribution is 5.81. The van der Waals surface area contributed by atoms with Crippen molar-refractivity contribution in [3.8, 4) is 0 Å². The quantitative estimate of drug-likeness (QED) is 0.550. The Labute approximate surface area is 158 Å². The molecule has 1 saturated heterocycles. The molecule has 1 aliphatic rings. The van der Waals surface area contributed by atoms with E-state index >= 15 is 0 Å². The van der Waals surface area contributed by atoms with Crippen LogP contribution < -0.4 is 0 Å². The highest BCUT2D eigenvalue weighted by atomic mass is 16.6. The lowest BCUT2D eigenvalue weighted by molar-refractivity contribution is -0.384. The van der Waals surface area contributed by atoms with Crippen molar-refractivity contribution in [1.29, 1.82) is 0 Å². The number of carbonyl (C=O) groups excluding carboxylic acids is 1. The van der Waals surface area contributed by atoms with Crippen molar-refractivity contribution >= 4 is 22.5 Å². The lowest BCUT2D eigenvalue weighted by Gasteiger charge is -2.33. The predicted octanol–water partition coefficient (Wildman–Crippen LogP) is 2.87. The van der Waals surface area contributed by atoms with Gasteiger partial charge in [-0.15, -0.1) is 0 Å². The second-order valence-corrected chi connectivity index (χ2v) is 7.29. The van der Waals surface area contributed by atoms with Gasteiger partial charge in [0.25, 0.3) is 5.69 Å². The number of unbranched alkanes of at least 4 members (excludes halogenated alkanes) is 1. The van der Waals surface area contributed by atoms with Gasteiger partial charge >= 0.3 is 0 Å². The monoisotopic (exact) mass is 373 g/mol. The van der Waals surface area contributed by atoms with Gasteiger partial charge in [0.15, 0.2) is 0 Å². The zero-order chi connectivity index (χ0) is 19.4. The first kappa shape index (κ1) is 19.3. The number of fused-ring (bicyclic) bond motifs is 1. The molecule has 0 bridgehead atoms. The van der Waals surface area contributed by atoms with Gasteiger partial charge in [-0.25, -0.2) is 0 Å². The fourth-order valence-electron chi connectivity index (χ4n) is 3.61. The zero-order valence-corrected chi connectivity index (χ0v) is 16.0. The van der Waals surface area contributed by atoms with Crippen LogP contribution in [0.5, 0.6) is 0 Å². The molecule has 8 heteroatoms. The highest BCUT2D eigenvalue weighted by Crippen LogP contribution is 2.23. The molecule has 0 saturated carbocycles. The molecule has 0 N–H and O–H groups in total. The fourth-order valence-corrected chi connectivity index (χ4v) is 3.61. The van der Waals surface area contributed by atoms with Gasteiger partial charge in [-0.3, -0.25) is 24.5 Å². The van der Waals surface area contributed by atoms with Crippen LogP contribution in [0.4, 0.5) is 5.69 Å². The van der Waals surface area contributed by atoms with Crippen LogP contribution in [0.15, 0.2) is 24.4 Å². The number of hydrogen-bond donors (Lipinski definition) is 0. The summed E-state index contributed by atoms with van der Waals surface area (Å²) in [7, 11) is 1.90. The van der Waals surface area contributed by atoms with Gasteiger partial charge in [-0.1, -0.05) is 13.3 Å². The second kappa shape index (κ2) is 8.47.